The summed E-state index contributed by atoms with van der Waals surface area (Å²) >= 11 is 0.943. The Morgan fingerprint density at radius 3 is 2.37 bits per heavy atom. The molecule has 2 amide bonds. The zero-order valence-electron chi connectivity index (χ0n) is 19.1. The maximum atomic E-state index is 12.9. The van der Waals surface area contributed by atoms with Crippen molar-refractivity contribution in [2.45, 2.75) is 38.1 Å². The van der Waals surface area contributed by atoms with Crippen LogP contribution in [0.1, 0.15) is 52.4 Å². The molecule has 0 aliphatic heterocycles. The molecule has 2 aliphatic rings. The van der Waals surface area contributed by atoms with Crippen molar-refractivity contribution in [2.75, 3.05) is 11.9 Å². The van der Waals surface area contributed by atoms with E-state index in [2.05, 4.69) is 39.3 Å². The first-order valence-electron chi connectivity index (χ1n) is 11.6. The molecule has 3 aromatic rings. The fourth-order valence-corrected chi connectivity index (χ4v) is 5.94. The van der Waals surface area contributed by atoms with Gasteiger partial charge in [0.05, 0.1) is 11.6 Å². The van der Waals surface area contributed by atoms with E-state index in [9.17, 15) is 19.5 Å². The molecular formula is C26H25N3O5S. The molecule has 3 N–H and O–H groups in total. The van der Waals surface area contributed by atoms with Gasteiger partial charge >= 0.3 is 12.1 Å². The highest BCUT2D eigenvalue weighted by Gasteiger charge is 2.36. The van der Waals surface area contributed by atoms with Gasteiger partial charge in [-0.3, -0.25) is 4.79 Å². The maximum absolute atomic E-state index is 12.9. The monoisotopic (exact) mass is 491 g/mol. The molecule has 2 aromatic carbocycles. The van der Waals surface area contributed by atoms with Crippen LogP contribution in [0.2, 0.25) is 0 Å². The molecule has 0 spiro atoms. The molecule has 2 aliphatic carbocycles. The van der Waals surface area contributed by atoms with Gasteiger partial charge in [0.1, 0.15) is 17.2 Å². The number of carbonyl (C=O) groups excluding carboxylic acids is 2. The van der Waals surface area contributed by atoms with Crippen LogP contribution < -0.4 is 10.6 Å². The number of nitrogens with zero attached hydrogens (tertiary/aromatic N) is 1. The average Bonchev–Trinajstić information content (AvgIpc) is 3.53. The molecular weight excluding hydrogens is 466 g/mol. The summed E-state index contributed by atoms with van der Waals surface area (Å²) in [5.41, 5.74) is 4.94. The number of carboxylic acids is 1. The van der Waals surface area contributed by atoms with Gasteiger partial charge in [-0.15, -0.1) is 0 Å². The van der Waals surface area contributed by atoms with Crippen molar-refractivity contribution in [3.05, 3.63) is 70.9 Å². The third-order valence-corrected chi connectivity index (χ3v) is 7.67. The molecule has 5 rings (SSSR count). The van der Waals surface area contributed by atoms with Crippen LogP contribution in [0, 0.1) is 12.8 Å². The molecule has 2 atom stereocenters. The Labute approximate surface area is 206 Å². The number of anilines is 1. The van der Waals surface area contributed by atoms with Crippen LogP contribution in [0.3, 0.4) is 0 Å². The largest absolute Gasteiger partial charge is 0.478 e. The number of amides is 2. The summed E-state index contributed by atoms with van der Waals surface area (Å²) in [5.74, 6) is -1.97. The van der Waals surface area contributed by atoms with Crippen molar-refractivity contribution >= 4 is 34.5 Å². The summed E-state index contributed by atoms with van der Waals surface area (Å²) in [6.07, 6.45) is 1.46. The fourth-order valence-electron chi connectivity index (χ4n) is 5.15. The Morgan fingerprint density at radius 2 is 1.71 bits per heavy atom. The number of hydrogen-bond acceptors (Lipinski definition) is 6. The first kappa shape index (κ1) is 23.0. The second-order valence-electron chi connectivity index (χ2n) is 8.88. The molecule has 2 unspecified atom stereocenters. The van der Waals surface area contributed by atoms with Gasteiger partial charge in [-0.05, 0) is 53.6 Å². The maximum Gasteiger partial charge on any atom is 0.407 e. The van der Waals surface area contributed by atoms with Crippen molar-refractivity contribution in [2.24, 2.45) is 5.92 Å². The van der Waals surface area contributed by atoms with Crippen LogP contribution in [-0.4, -0.2) is 40.1 Å². The Bertz CT molecular complexity index is 1260. The van der Waals surface area contributed by atoms with Gasteiger partial charge in [-0.1, -0.05) is 55.0 Å². The fraction of sp³-hybridized carbons (Fsp3) is 0.308. The van der Waals surface area contributed by atoms with Crippen molar-refractivity contribution in [1.29, 1.82) is 0 Å². The van der Waals surface area contributed by atoms with E-state index < -0.39 is 18.0 Å². The number of alkyl carbamates (subject to hydrolysis) is 1. The summed E-state index contributed by atoms with van der Waals surface area (Å²) in [4.78, 5) is 37.1. The predicted octanol–water partition coefficient (Wildman–Crippen LogP) is 4.80. The lowest BCUT2D eigenvalue weighted by molar-refractivity contribution is -0.120. The zero-order chi connectivity index (χ0) is 24.5. The SMILES string of the molecule is Cc1nsc(NC(=O)C2CCCC2NC(=O)OCC2c3ccccc3-c3ccccc32)c1C(=O)O. The van der Waals surface area contributed by atoms with Gasteiger partial charge in [0.2, 0.25) is 5.91 Å². The highest BCUT2D eigenvalue weighted by molar-refractivity contribution is 7.11. The summed E-state index contributed by atoms with van der Waals surface area (Å²) in [6.45, 7) is 1.79. The van der Waals surface area contributed by atoms with Gasteiger partial charge in [0.15, 0.2) is 0 Å². The van der Waals surface area contributed by atoms with Crippen molar-refractivity contribution < 1.29 is 24.2 Å². The van der Waals surface area contributed by atoms with Crippen LogP contribution in [0.15, 0.2) is 48.5 Å². The van der Waals surface area contributed by atoms with Crippen molar-refractivity contribution in [1.82, 2.24) is 9.69 Å². The zero-order valence-corrected chi connectivity index (χ0v) is 19.9. The second kappa shape index (κ2) is 9.50. The Kier molecular flexibility index (Phi) is 6.25. The number of benzene rings is 2. The molecule has 8 nitrogen and oxygen atoms in total. The number of ether oxygens (including phenoxy) is 1. The van der Waals surface area contributed by atoms with Crippen molar-refractivity contribution in [3.8, 4) is 11.1 Å². The molecule has 35 heavy (non-hydrogen) atoms. The van der Waals surface area contributed by atoms with E-state index in [1.54, 1.807) is 6.92 Å². The lowest BCUT2D eigenvalue weighted by Gasteiger charge is -2.21. The first-order chi connectivity index (χ1) is 16.9. The molecule has 0 radical (unpaired) electrons. The molecule has 9 heteroatoms. The molecule has 1 fully saturated rings. The number of aromatic nitrogens is 1. The number of nitrogens with one attached hydrogen (secondary N) is 2. The van der Waals surface area contributed by atoms with Gasteiger partial charge in [0, 0.05) is 12.0 Å². The van der Waals surface area contributed by atoms with Crippen LogP contribution >= 0.6 is 11.5 Å². The first-order valence-corrected chi connectivity index (χ1v) is 12.3. The minimum absolute atomic E-state index is 0.00221. The van der Waals surface area contributed by atoms with E-state index in [1.165, 1.54) is 0 Å². The van der Waals surface area contributed by atoms with Gasteiger partial charge in [0.25, 0.3) is 0 Å². The number of carboxylic acid groups (broad SMARTS) is 1. The van der Waals surface area contributed by atoms with E-state index >= 15 is 0 Å². The molecule has 1 heterocycles. The number of fused-ring (bicyclic) bond motifs is 3. The van der Waals surface area contributed by atoms with Gasteiger partial charge < -0.3 is 20.5 Å². The summed E-state index contributed by atoms with van der Waals surface area (Å²) in [7, 11) is 0. The molecule has 0 bridgehead atoms. The van der Waals surface area contributed by atoms with Crippen LogP contribution in [0.4, 0.5) is 9.80 Å². The topological polar surface area (TPSA) is 118 Å². The number of hydrogen-bond donors (Lipinski definition) is 3. The Morgan fingerprint density at radius 1 is 1.06 bits per heavy atom. The number of carbonyl (C=O) groups is 3. The van der Waals surface area contributed by atoms with Gasteiger partial charge in [-0.25, -0.2) is 9.59 Å². The lowest BCUT2D eigenvalue weighted by atomic mass is 9.98. The van der Waals surface area contributed by atoms with Crippen LogP contribution in [0.25, 0.3) is 11.1 Å². The summed E-state index contributed by atoms with van der Waals surface area (Å²) in [5, 5.41) is 15.2. The van der Waals surface area contributed by atoms with E-state index in [0.717, 1.165) is 40.2 Å². The summed E-state index contributed by atoms with van der Waals surface area (Å²) < 4.78 is 9.67. The smallest absolute Gasteiger partial charge is 0.407 e. The normalized spacial score (nSPS) is 18.5. The van der Waals surface area contributed by atoms with E-state index in [4.69, 9.17) is 4.74 Å². The predicted molar refractivity (Wildman–Crippen MR) is 132 cm³/mol. The van der Waals surface area contributed by atoms with Crippen molar-refractivity contribution in [3.63, 3.8) is 0 Å². The number of aryl methyl sites for hydroxylation is 1. The standard InChI is InChI=1S/C26H25N3O5S/c1-14-22(25(31)32)24(35-29-14)28-23(30)19-11-6-12-21(19)27-26(33)34-13-20-17-9-4-2-7-15(17)16-8-3-5-10-18(16)20/h2-5,7-10,19-21H,6,11-13H2,1H3,(H,27,33)(H,28,30)(H,31,32). The quantitative estimate of drug-likeness (QED) is 0.456. The third-order valence-electron chi connectivity index (χ3n) is 6.81. The highest BCUT2D eigenvalue weighted by Crippen LogP contribution is 2.44. The molecule has 1 saturated carbocycles. The third kappa shape index (κ3) is 4.39. The molecule has 1 aromatic heterocycles. The Balaban J connectivity index is 1.22. The number of rotatable bonds is 6. The summed E-state index contributed by atoms with van der Waals surface area (Å²) in [6, 6.07) is 15.9. The van der Waals surface area contributed by atoms with E-state index in [1.807, 2.05) is 24.3 Å². The lowest BCUT2D eigenvalue weighted by Crippen LogP contribution is -2.42. The van der Waals surface area contributed by atoms with Gasteiger partial charge in [-0.2, -0.15) is 4.37 Å². The van der Waals surface area contributed by atoms with Crippen LogP contribution in [0.5, 0.6) is 0 Å². The average molecular weight is 492 g/mol. The van der Waals surface area contributed by atoms with Crippen LogP contribution in [-0.2, 0) is 9.53 Å². The minimum Gasteiger partial charge on any atom is -0.478 e. The molecule has 0 saturated heterocycles. The Hall–Kier alpha value is -3.72. The van der Waals surface area contributed by atoms with E-state index in [-0.39, 0.29) is 35.0 Å². The van der Waals surface area contributed by atoms with E-state index in [0.29, 0.717) is 18.5 Å². The number of aromatic carboxylic acids is 1. The highest BCUT2D eigenvalue weighted by atomic mass is 32.1. The molecule has 180 valence electrons. The minimum atomic E-state index is -1.13. The second-order valence-corrected chi connectivity index (χ2v) is 9.65.